The Morgan fingerprint density at radius 1 is 1.16 bits per heavy atom. The molecule has 0 aromatic carbocycles. The average molecular weight is 260 g/mol. The van der Waals surface area contributed by atoms with E-state index in [-0.39, 0.29) is 24.1 Å². The lowest BCUT2D eigenvalue weighted by molar-refractivity contribution is 0.0402. The van der Waals surface area contributed by atoms with Crippen LogP contribution in [0.2, 0.25) is 0 Å². The molecule has 7 heteroatoms. The van der Waals surface area contributed by atoms with Crippen LogP contribution in [-0.4, -0.2) is 16.2 Å². The van der Waals surface area contributed by atoms with Crippen LogP contribution in [0, 0.1) is 0 Å². The Morgan fingerprint density at radius 3 is 2.74 bits per heavy atom. The molecule has 0 spiro atoms. The van der Waals surface area contributed by atoms with Crippen LogP contribution in [0.25, 0.3) is 11.7 Å². The number of furan rings is 2. The van der Waals surface area contributed by atoms with Gasteiger partial charge in [-0.25, -0.2) is 4.79 Å². The quantitative estimate of drug-likeness (QED) is 0.664. The molecular formula is C12H8N2O5. The molecule has 7 nitrogen and oxygen atoms in total. The second kappa shape index (κ2) is 4.81. The van der Waals surface area contributed by atoms with E-state index in [9.17, 15) is 4.79 Å². The molecule has 0 bridgehead atoms. The molecule has 0 saturated carbocycles. The average Bonchev–Trinajstić information content (AvgIpc) is 3.14. The molecular weight excluding hydrogens is 252 g/mol. The van der Waals surface area contributed by atoms with Crippen molar-refractivity contribution in [2.75, 3.05) is 0 Å². The van der Waals surface area contributed by atoms with Crippen molar-refractivity contribution in [1.82, 2.24) is 10.2 Å². The molecule has 0 aliphatic rings. The minimum absolute atomic E-state index is 0.116. The SMILES string of the molecule is O=C(OCc1nnc(-c2ccco2)o1)c1ccco1. The molecule has 0 unspecified atom stereocenters. The summed E-state index contributed by atoms with van der Waals surface area (Å²) in [5.41, 5.74) is 0. The predicted molar refractivity (Wildman–Crippen MR) is 59.8 cm³/mol. The maximum absolute atomic E-state index is 11.5. The Labute approximate surface area is 106 Å². The van der Waals surface area contributed by atoms with E-state index in [4.69, 9.17) is 18.0 Å². The topological polar surface area (TPSA) is 91.5 Å². The summed E-state index contributed by atoms with van der Waals surface area (Å²) in [4.78, 5) is 11.5. The Balaban J connectivity index is 1.63. The van der Waals surface area contributed by atoms with Gasteiger partial charge in [0.15, 0.2) is 12.4 Å². The largest absolute Gasteiger partial charge is 0.459 e. The number of carbonyl (C=O) groups excluding carboxylic acids is 1. The number of esters is 1. The van der Waals surface area contributed by atoms with Gasteiger partial charge in [-0.15, -0.1) is 10.2 Å². The van der Waals surface area contributed by atoms with Crippen molar-refractivity contribution in [3.63, 3.8) is 0 Å². The van der Waals surface area contributed by atoms with Gasteiger partial charge in [0, 0.05) is 0 Å². The highest BCUT2D eigenvalue weighted by atomic mass is 16.6. The molecule has 0 radical (unpaired) electrons. The maximum Gasteiger partial charge on any atom is 0.374 e. The number of ether oxygens (including phenoxy) is 1. The molecule has 0 atom stereocenters. The molecule has 3 aromatic heterocycles. The van der Waals surface area contributed by atoms with E-state index in [0.717, 1.165) is 0 Å². The van der Waals surface area contributed by atoms with Crippen molar-refractivity contribution in [3.8, 4) is 11.7 Å². The van der Waals surface area contributed by atoms with Crippen molar-refractivity contribution in [2.24, 2.45) is 0 Å². The Morgan fingerprint density at radius 2 is 2.00 bits per heavy atom. The Bertz CT molecular complexity index is 654. The fourth-order valence-corrected chi connectivity index (χ4v) is 1.40. The first-order valence-electron chi connectivity index (χ1n) is 5.40. The fraction of sp³-hybridized carbons (Fsp3) is 0.0833. The summed E-state index contributed by atoms with van der Waals surface area (Å²) in [5.74, 6) is 0.380. The highest BCUT2D eigenvalue weighted by Crippen LogP contribution is 2.18. The minimum Gasteiger partial charge on any atom is -0.459 e. The summed E-state index contributed by atoms with van der Waals surface area (Å²) in [5, 5.41) is 7.52. The number of nitrogens with zero attached hydrogens (tertiary/aromatic N) is 2. The number of hydrogen-bond acceptors (Lipinski definition) is 7. The van der Waals surface area contributed by atoms with Crippen LogP contribution in [0.3, 0.4) is 0 Å². The zero-order valence-corrected chi connectivity index (χ0v) is 9.61. The number of carbonyl (C=O) groups is 1. The molecule has 0 fully saturated rings. The summed E-state index contributed by atoms with van der Waals surface area (Å²) in [6.07, 6.45) is 2.88. The Hall–Kier alpha value is -2.83. The van der Waals surface area contributed by atoms with E-state index in [2.05, 4.69) is 10.2 Å². The number of rotatable bonds is 4. The van der Waals surface area contributed by atoms with E-state index in [1.54, 1.807) is 18.2 Å². The van der Waals surface area contributed by atoms with Crippen LogP contribution in [0.5, 0.6) is 0 Å². The van der Waals surface area contributed by atoms with Crippen molar-refractivity contribution < 1.29 is 22.8 Å². The smallest absolute Gasteiger partial charge is 0.374 e. The zero-order valence-electron chi connectivity index (χ0n) is 9.61. The van der Waals surface area contributed by atoms with Gasteiger partial charge in [-0.05, 0) is 24.3 Å². The first-order valence-corrected chi connectivity index (χ1v) is 5.40. The summed E-state index contributed by atoms with van der Waals surface area (Å²) < 4.78 is 20.2. The first kappa shape index (κ1) is 11.3. The van der Waals surface area contributed by atoms with Crippen LogP contribution in [0.1, 0.15) is 16.4 Å². The normalized spacial score (nSPS) is 10.5. The monoisotopic (exact) mass is 260 g/mol. The van der Waals surface area contributed by atoms with E-state index in [1.807, 2.05) is 0 Å². The third kappa shape index (κ3) is 2.39. The summed E-state index contributed by atoms with van der Waals surface area (Å²) in [7, 11) is 0. The van der Waals surface area contributed by atoms with Gasteiger partial charge >= 0.3 is 5.97 Å². The predicted octanol–water partition coefficient (Wildman–Crippen LogP) is 2.28. The van der Waals surface area contributed by atoms with E-state index < -0.39 is 5.97 Å². The highest BCUT2D eigenvalue weighted by Gasteiger charge is 2.14. The summed E-state index contributed by atoms with van der Waals surface area (Å²) in [6.45, 7) is -0.132. The van der Waals surface area contributed by atoms with Crippen molar-refractivity contribution in [3.05, 3.63) is 48.4 Å². The number of hydrogen-bond donors (Lipinski definition) is 0. The van der Waals surface area contributed by atoms with E-state index >= 15 is 0 Å². The van der Waals surface area contributed by atoms with Crippen molar-refractivity contribution >= 4 is 5.97 Å². The summed E-state index contributed by atoms with van der Waals surface area (Å²) >= 11 is 0. The van der Waals surface area contributed by atoms with Gasteiger partial charge in [0.05, 0.1) is 12.5 Å². The van der Waals surface area contributed by atoms with Crippen LogP contribution in [0.4, 0.5) is 0 Å². The first-order chi connectivity index (χ1) is 9.33. The molecule has 96 valence electrons. The van der Waals surface area contributed by atoms with Crippen LogP contribution in [-0.2, 0) is 11.3 Å². The maximum atomic E-state index is 11.5. The van der Waals surface area contributed by atoms with Gasteiger partial charge < -0.3 is 18.0 Å². The lowest BCUT2D eigenvalue weighted by atomic mass is 10.4. The lowest BCUT2D eigenvalue weighted by Crippen LogP contribution is -2.04. The van der Waals surface area contributed by atoms with Crippen LogP contribution < -0.4 is 0 Å². The molecule has 3 rings (SSSR count). The molecule has 0 N–H and O–H groups in total. The third-order valence-electron chi connectivity index (χ3n) is 2.25. The molecule has 0 amide bonds. The molecule has 0 aliphatic carbocycles. The molecule has 19 heavy (non-hydrogen) atoms. The van der Waals surface area contributed by atoms with Crippen molar-refractivity contribution in [1.29, 1.82) is 0 Å². The summed E-state index contributed by atoms with van der Waals surface area (Å²) in [6, 6.07) is 6.49. The molecule has 0 saturated heterocycles. The fourth-order valence-electron chi connectivity index (χ4n) is 1.40. The zero-order chi connectivity index (χ0) is 13.1. The van der Waals surface area contributed by atoms with Gasteiger partial charge in [-0.3, -0.25) is 0 Å². The highest BCUT2D eigenvalue weighted by molar-refractivity contribution is 5.86. The van der Waals surface area contributed by atoms with Gasteiger partial charge in [0.25, 0.3) is 11.8 Å². The van der Waals surface area contributed by atoms with Gasteiger partial charge in [-0.2, -0.15) is 0 Å². The van der Waals surface area contributed by atoms with Crippen LogP contribution >= 0.6 is 0 Å². The van der Waals surface area contributed by atoms with Crippen LogP contribution in [0.15, 0.2) is 50.0 Å². The number of aromatic nitrogens is 2. The van der Waals surface area contributed by atoms with Crippen molar-refractivity contribution in [2.45, 2.75) is 6.61 Å². The van der Waals surface area contributed by atoms with Gasteiger partial charge in [0.2, 0.25) is 5.76 Å². The molecule has 0 aliphatic heterocycles. The third-order valence-corrected chi connectivity index (χ3v) is 2.25. The second-order valence-electron chi connectivity index (χ2n) is 3.53. The minimum atomic E-state index is -0.595. The second-order valence-corrected chi connectivity index (χ2v) is 3.53. The lowest BCUT2D eigenvalue weighted by Gasteiger charge is -1.97. The van der Waals surface area contributed by atoms with E-state index in [1.165, 1.54) is 18.6 Å². The van der Waals surface area contributed by atoms with Gasteiger partial charge in [-0.1, -0.05) is 0 Å². The molecule has 3 aromatic rings. The van der Waals surface area contributed by atoms with Gasteiger partial charge in [0.1, 0.15) is 0 Å². The van der Waals surface area contributed by atoms with E-state index in [0.29, 0.717) is 5.76 Å². The Kier molecular flexibility index (Phi) is 2.85. The molecule has 3 heterocycles. The standard InChI is InChI=1S/C12H8N2O5/c15-12(9-4-2-6-17-9)18-7-10-13-14-11(19-10)8-3-1-5-16-8/h1-6H,7H2.